The van der Waals surface area contributed by atoms with Crippen molar-refractivity contribution in [1.29, 1.82) is 5.26 Å². The second-order valence-corrected chi connectivity index (χ2v) is 5.45. The Balaban J connectivity index is 0. The number of allylic oxidation sites excluding steroid dienone is 2. The molecule has 0 unspecified atom stereocenters. The van der Waals surface area contributed by atoms with Crippen LogP contribution in [0, 0.1) is 11.3 Å². The molecular formula is C20H31ClN4O2. The van der Waals surface area contributed by atoms with Gasteiger partial charge in [0.1, 0.15) is 0 Å². The van der Waals surface area contributed by atoms with Crippen LogP contribution in [0.1, 0.15) is 39.7 Å². The van der Waals surface area contributed by atoms with Crippen LogP contribution in [-0.4, -0.2) is 27.4 Å². The molecule has 1 aromatic rings. The van der Waals surface area contributed by atoms with Crippen LogP contribution in [0.5, 0.6) is 0 Å². The Hall–Kier alpha value is -2.49. The third-order valence-corrected chi connectivity index (χ3v) is 3.19. The summed E-state index contributed by atoms with van der Waals surface area (Å²) < 4.78 is 4.92. The highest BCUT2D eigenvalue weighted by atomic mass is 35.5. The van der Waals surface area contributed by atoms with E-state index >= 15 is 0 Å². The molecule has 27 heavy (non-hydrogen) atoms. The van der Waals surface area contributed by atoms with Gasteiger partial charge in [-0.3, -0.25) is 0 Å². The fraction of sp³-hybridized carbons (Fsp3) is 0.400. The molecule has 6 nitrogen and oxygen atoms in total. The van der Waals surface area contributed by atoms with Crippen molar-refractivity contribution in [1.82, 2.24) is 10.8 Å². The number of nitriles is 1. The molecule has 0 aromatic heterocycles. The third kappa shape index (κ3) is 15.5. The van der Waals surface area contributed by atoms with E-state index in [1.54, 1.807) is 51.6 Å². The van der Waals surface area contributed by atoms with Crippen LogP contribution in [0.25, 0.3) is 0 Å². The van der Waals surface area contributed by atoms with Crippen LogP contribution in [0.3, 0.4) is 0 Å². The summed E-state index contributed by atoms with van der Waals surface area (Å²) >= 11 is 5.57. The van der Waals surface area contributed by atoms with Crippen LogP contribution in [-0.2, 0) is 9.57 Å². The first-order chi connectivity index (χ1) is 12.9. The molecule has 0 bridgehead atoms. The second kappa shape index (κ2) is 18.3. The first-order valence-corrected chi connectivity index (χ1v) is 8.83. The molecule has 2 N–H and O–H groups in total. The summed E-state index contributed by atoms with van der Waals surface area (Å²) in [6.45, 7) is 7.83. The first kappa shape index (κ1) is 26.7. The highest BCUT2D eigenvalue weighted by Crippen LogP contribution is 2.08. The third-order valence-electron chi connectivity index (χ3n) is 2.95. The van der Waals surface area contributed by atoms with Gasteiger partial charge in [-0.2, -0.15) is 10.7 Å². The summed E-state index contributed by atoms with van der Waals surface area (Å²) in [7, 11) is 5.15. The van der Waals surface area contributed by atoms with Crippen LogP contribution in [0.4, 0.5) is 0 Å². The van der Waals surface area contributed by atoms with Crippen molar-refractivity contribution in [2.45, 2.75) is 34.1 Å². The van der Waals surface area contributed by atoms with Crippen molar-refractivity contribution in [3.8, 4) is 6.07 Å². The topological polar surface area (TPSA) is 78.7 Å². The van der Waals surface area contributed by atoms with Crippen molar-refractivity contribution in [3.63, 3.8) is 0 Å². The summed E-state index contributed by atoms with van der Waals surface area (Å²) in [4.78, 5) is 8.87. The lowest BCUT2D eigenvalue weighted by Crippen LogP contribution is -2.07. The van der Waals surface area contributed by atoms with E-state index in [0.717, 1.165) is 6.42 Å². The molecule has 0 radical (unpaired) electrons. The summed E-state index contributed by atoms with van der Waals surface area (Å²) in [6, 6.07) is 8.81. The van der Waals surface area contributed by atoms with Gasteiger partial charge in [-0.1, -0.05) is 30.2 Å². The van der Waals surface area contributed by atoms with Gasteiger partial charge in [-0.15, -0.1) is 0 Å². The molecular weight excluding hydrogens is 364 g/mol. The van der Waals surface area contributed by atoms with Gasteiger partial charge in [0, 0.05) is 25.3 Å². The van der Waals surface area contributed by atoms with Crippen LogP contribution < -0.4 is 10.8 Å². The molecule has 0 spiro atoms. The molecule has 0 saturated heterocycles. The Labute approximate surface area is 168 Å². The minimum absolute atomic E-state index is 0.442. The number of hydrogen-bond acceptors (Lipinski definition) is 6. The van der Waals surface area contributed by atoms with E-state index in [4.69, 9.17) is 26.4 Å². The summed E-state index contributed by atoms with van der Waals surface area (Å²) in [6.07, 6.45) is 4.79. The molecule has 0 amide bonds. The van der Waals surface area contributed by atoms with Gasteiger partial charge < -0.3 is 14.9 Å². The first-order valence-electron chi connectivity index (χ1n) is 8.45. The monoisotopic (exact) mass is 394 g/mol. The predicted molar refractivity (Wildman–Crippen MR) is 113 cm³/mol. The molecule has 7 heteroatoms. The predicted octanol–water partition coefficient (Wildman–Crippen LogP) is 4.79. The fourth-order valence-electron chi connectivity index (χ4n) is 1.40. The minimum atomic E-state index is 0.442. The number of benzene rings is 1. The molecule has 1 rings (SSSR count). The lowest BCUT2D eigenvalue weighted by molar-refractivity contribution is 0.106. The van der Waals surface area contributed by atoms with E-state index in [2.05, 4.69) is 29.6 Å². The molecule has 150 valence electrons. The maximum Gasteiger partial charge on any atom is 0.275 e. The number of nitrogens with zero attached hydrogens (tertiary/aromatic N) is 2. The quantitative estimate of drug-likeness (QED) is 0.411. The van der Waals surface area contributed by atoms with Gasteiger partial charge in [0.2, 0.25) is 0 Å². The number of halogens is 1. The zero-order valence-corrected chi connectivity index (χ0v) is 18.0. The van der Waals surface area contributed by atoms with Crippen molar-refractivity contribution in [3.05, 3.63) is 58.3 Å². The van der Waals surface area contributed by atoms with E-state index in [0.29, 0.717) is 22.2 Å². The number of methoxy groups -OCH3 is 1. The summed E-state index contributed by atoms with van der Waals surface area (Å²) in [5, 5.41) is 11.9. The molecule has 1 aromatic carbocycles. The number of hydrogen-bond donors (Lipinski definition) is 2. The van der Waals surface area contributed by atoms with Gasteiger partial charge in [0.05, 0.1) is 18.7 Å². The minimum Gasteiger partial charge on any atom is -0.496 e. The number of nitrogens with one attached hydrogen (secondary N) is 2. The Bertz CT molecular complexity index is 650. The van der Waals surface area contributed by atoms with Crippen LogP contribution in [0.15, 0.2) is 52.7 Å². The van der Waals surface area contributed by atoms with Crippen molar-refractivity contribution in [2.75, 3.05) is 21.2 Å². The summed E-state index contributed by atoms with van der Waals surface area (Å²) in [5.41, 5.74) is 4.51. The zero-order chi connectivity index (χ0) is 21.1. The van der Waals surface area contributed by atoms with E-state index in [1.807, 2.05) is 26.2 Å². The van der Waals surface area contributed by atoms with E-state index in [9.17, 15) is 0 Å². The molecule has 0 aliphatic carbocycles. The number of ether oxygens (including phenoxy) is 1. The number of hydroxylamine groups is 1. The van der Waals surface area contributed by atoms with Gasteiger partial charge in [0.15, 0.2) is 5.76 Å². The fourth-order valence-corrected chi connectivity index (χ4v) is 1.59. The molecule has 0 atom stereocenters. The van der Waals surface area contributed by atoms with Crippen molar-refractivity contribution >= 4 is 17.8 Å². The van der Waals surface area contributed by atoms with E-state index in [1.165, 1.54) is 5.57 Å². The smallest absolute Gasteiger partial charge is 0.275 e. The molecule has 0 aliphatic heterocycles. The zero-order valence-electron chi connectivity index (χ0n) is 17.3. The second-order valence-electron chi connectivity index (χ2n) is 5.01. The SMILES string of the molecule is C/C=N\C(ONC)=C(/C)OC.CCC(C)=CNC.N#Cc1cccc(Cl)c1. The highest BCUT2D eigenvalue weighted by molar-refractivity contribution is 6.30. The van der Waals surface area contributed by atoms with Gasteiger partial charge >= 0.3 is 0 Å². The normalized spacial score (nSPS) is 11.1. The van der Waals surface area contributed by atoms with Crippen molar-refractivity contribution < 1.29 is 9.57 Å². The van der Waals surface area contributed by atoms with E-state index < -0.39 is 0 Å². The Morgan fingerprint density at radius 1 is 1.33 bits per heavy atom. The van der Waals surface area contributed by atoms with Crippen LogP contribution in [0.2, 0.25) is 5.02 Å². The Morgan fingerprint density at radius 3 is 2.33 bits per heavy atom. The average Bonchev–Trinajstić information content (AvgIpc) is 2.68. The Morgan fingerprint density at radius 2 is 2.00 bits per heavy atom. The molecule has 0 heterocycles. The lowest BCUT2D eigenvalue weighted by Gasteiger charge is -2.05. The number of aliphatic imine (C=N–C) groups is 1. The highest BCUT2D eigenvalue weighted by Gasteiger charge is 1.99. The molecule has 0 aliphatic rings. The van der Waals surface area contributed by atoms with Gasteiger partial charge in [0.25, 0.3) is 5.88 Å². The molecule has 0 saturated carbocycles. The standard InChI is InChI=1S/C7H4ClN.C7H14N2O2.C6H13N/c8-7-3-1-2-6(4-7)5-9;1-5-9-7(11-8-3)6(2)10-4;1-4-6(2)5-7-3/h1-4H;5,8H,1-4H3;5,7H,4H2,1-3H3/b;7-6-,9-5-;. The van der Waals surface area contributed by atoms with Gasteiger partial charge in [-0.05, 0) is 51.6 Å². The lowest BCUT2D eigenvalue weighted by atomic mass is 10.2. The Kier molecular flexibility index (Phi) is 18.1. The average molecular weight is 395 g/mol. The molecule has 0 fully saturated rings. The van der Waals surface area contributed by atoms with Crippen molar-refractivity contribution in [2.24, 2.45) is 4.99 Å². The maximum atomic E-state index is 8.35. The van der Waals surface area contributed by atoms with E-state index in [-0.39, 0.29) is 0 Å². The number of rotatable bonds is 6. The van der Waals surface area contributed by atoms with Crippen LogP contribution >= 0.6 is 11.6 Å². The largest absolute Gasteiger partial charge is 0.496 e. The maximum absolute atomic E-state index is 8.35. The van der Waals surface area contributed by atoms with Gasteiger partial charge in [-0.25, -0.2) is 4.99 Å². The summed E-state index contributed by atoms with van der Waals surface area (Å²) in [5.74, 6) is 1.08.